The van der Waals surface area contributed by atoms with Gasteiger partial charge in [0.15, 0.2) is 0 Å². The molecule has 0 amide bonds. The van der Waals surface area contributed by atoms with Crippen LogP contribution < -0.4 is 0 Å². The van der Waals surface area contributed by atoms with E-state index < -0.39 is 0 Å². The van der Waals surface area contributed by atoms with Crippen molar-refractivity contribution >= 4 is 6.34 Å². The highest BCUT2D eigenvalue weighted by Gasteiger charge is 1.75. The highest BCUT2D eigenvalue weighted by molar-refractivity contribution is 5.55. The van der Waals surface area contributed by atoms with Gasteiger partial charge in [0.05, 0.1) is 6.34 Å². The van der Waals surface area contributed by atoms with E-state index in [9.17, 15) is 0 Å². The Balaban J connectivity index is 3.47. The van der Waals surface area contributed by atoms with Gasteiger partial charge in [-0.3, -0.25) is 4.99 Å². The van der Waals surface area contributed by atoms with Gasteiger partial charge in [-0.2, -0.15) is 0 Å². The zero-order chi connectivity index (χ0) is 6.41. The minimum Gasteiger partial charge on any atom is -0.343 e. The number of nitrogens with zero attached hydrogens (tertiary/aromatic N) is 2. The lowest BCUT2D eigenvalue weighted by Gasteiger charge is -2.02. The standard InChI is InChI=1S/C6H12N2/c1-4-5-8(3)6-7-2/h4-6H,1-3H3/b5-4-,7-6-. The second-order valence-electron chi connectivity index (χ2n) is 1.52. The molecule has 46 valence electrons. The summed E-state index contributed by atoms with van der Waals surface area (Å²) in [5, 5.41) is 0. The highest BCUT2D eigenvalue weighted by Crippen LogP contribution is 1.76. The van der Waals surface area contributed by atoms with Crippen LogP contribution in [0.3, 0.4) is 0 Å². The predicted molar refractivity (Wildman–Crippen MR) is 37.0 cm³/mol. The zero-order valence-corrected chi connectivity index (χ0v) is 5.63. The van der Waals surface area contributed by atoms with E-state index >= 15 is 0 Å². The Bertz CT molecular complexity index is 82.7. The molecule has 0 bridgehead atoms. The normalized spacial score (nSPS) is 11.4. The molecule has 0 unspecified atom stereocenters. The summed E-state index contributed by atoms with van der Waals surface area (Å²) in [4.78, 5) is 5.69. The van der Waals surface area contributed by atoms with Crippen LogP contribution in [0.15, 0.2) is 17.3 Å². The molecular weight excluding hydrogens is 100 g/mol. The molecule has 0 aliphatic rings. The molecule has 0 spiro atoms. The fourth-order valence-corrected chi connectivity index (χ4v) is 0.456. The van der Waals surface area contributed by atoms with Gasteiger partial charge in [0, 0.05) is 20.3 Å². The first-order chi connectivity index (χ1) is 3.81. The Labute approximate surface area is 50.5 Å². The molecule has 0 atom stereocenters. The van der Waals surface area contributed by atoms with Crippen LogP contribution in [-0.2, 0) is 0 Å². The fourth-order valence-electron chi connectivity index (χ4n) is 0.456. The average molecular weight is 112 g/mol. The molecule has 0 saturated heterocycles. The van der Waals surface area contributed by atoms with E-state index in [-0.39, 0.29) is 0 Å². The van der Waals surface area contributed by atoms with E-state index in [0.29, 0.717) is 0 Å². The monoisotopic (exact) mass is 112 g/mol. The van der Waals surface area contributed by atoms with Crippen LogP contribution in [0.5, 0.6) is 0 Å². The molecule has 2 heteroatoms. The second-order valence-corrected chi connectivity index (χ2v) is 1.52. The summed E-state index contributed by atoms with van der Waals surface area (Å²) in [5.41, 5.74) is 0. The van der Waals surface area contributed by atoms with Crippen molar-refractivity contribution in [3.8, 4) is 0 Å². The largest absolute Gasteiger partial charge is 0.343 e. The Hall–Kier alpha value is -0.790. The molecule has 0 aliphatic heterocycles. The van der Waals surface area contributed by atoms with E-state index in [1.54, 1.807) is 13.4 Å². The van der Waals surface area contributed by atoms with E-state index in [2.05, 4.69) is 4.99 Å². The Morgan fingerprint density at radius 2 is 2.12 bits per heavy atom. The van der Waals surface area contributed by atoms with Crippen LogP contribution in [0, 0.1) is 0 Å². The van der Waals surface area contributed by atoms with Gasteiger partial charge in [-0.1, -0.05) is 6.08 Å². The molecule has 0 aliphatic carbocycles. The third kappa shape index (κ3) is 3.40. The zero-order valence-electron chi connectivity index (χ0n) is 5.63. The molecule has 8 heavy (non-hydrogen) atoms. The number of hydrogen-bond donors (Lipinski definition) is 0. The number of aliphatic imine (C=N–C) groups is 1. The summed E-state index contributed by atoms with van der Waals surface area (Å²) in [6, 6.07) is 0. The summed E-state index contributed by atoms with van der Waals surface area (Å²) < 4.78 is 0. The van der Waals surface area contributed by atoms with E-state index in [0.717, 1.165) is 0 Å². The topological polar surface area (TPSA) is 15.6 Å². The van der Waals surface area contributed by atoms with Gasteiger partial charge in [-0.15, -0.1) is 0 Å². The third-order valence-electron chi connectivity index (χ3n) is 0.682. The van der Waals surface area contributed by atoms with Gasteiger partial charge in [-0.05, 0) is 6.92 Å². The van der Waals surface area contributed by atoms with Gasteiger partial charge in [0.2, 0.25) is 0 Å². The van der Waals surface area contributed by atoms with E-state index in [1.165, 1.54) is 0 Å². The van der Waals surface area contributed by atoms with Crippen molar-refractivity contribution in [3.05, 3.63) is 12.3 Å². The van der Waals surface area contributed by atoms with Gasteiger partial charge >= 0.3 is 0 Å². The first kappa shape index (κ1) is 7.21. The quantitative estimate of drug-likeness (QED) is 0.386. The van der Waals surface area contributed by atoms with Crippen molar-refractivity contribution in [1.29, 1.82) is 0 Å². The maximum absolute atomic E-state index is 3.80. The van der Waals surface area contributed by atoms with Gasteiger partial charge in [-0.25, -0.2) is 0 Å². The Kier molecular flexibility index (Phi) is 3.94. The fraction of sp³-hybridized carbons (Fsp3) is 0.500. The van der Waals surface area contributed by atoms with E-state index in [4.69, 9.17) is 0 Å². The second kappa shape index (κ2) is 4.37. The molecule has 0 aromatic rings. The number of allylic oxidation sites excluding steroid dienone is 1. The van der Waals surface area contributed by atoms with Crippen LogP contribution >= 0.6 is 0 Å². The third-order valence-corrected chi connectivity index (χ3v) is 0.682. The Morgan fingerprint density at radius 3 is 2.50 bits per heavy atom. The first-order valence-corrected chi connectivity index (χ1v) is 2.58. The van der Waals surface area contributed by atoms with Crippen LogP contribution in [0.4, 0.5) is 0 Å². The maximum atomic E-state index is 3.80. The van der Waals surface area contributed by atoms with Crippen LogP contribution in [0.25, 0.3) is 0 Å². The maximum Gasteiger partial charge on any atom is 0.0883 e. The molecular formula is C6H12N2. The molecule has 0 fully saturated rings. The van der Waals surface area contributed by atoms with Crippen molar-refractivity contribution in [3.63, 3.8) is 0 Å². The van der Waals surface area contributed by atoms with E-state index in [1.807, 2.05) is 31.1 Å². The Morgan fingerprint density at radius 1 is 1.50 bits per heavy atom. The summed E-state index contributed by atoms with van der Waals surface area (Å²) in [6.45, 7) is 1.97. The summed E-state index contributed by atoms with van der Waals surface area (Å²) in [6.07, 6.45) is 5.65. The summed E-state index contributed by atoms with van der Waals surface area (Å²) in [5.74, 6) is 0. The van der Waals surface area contributed by atoms with Crippen LogP contribution in [0.1, 0.15) is 6.92 Å². The summed E-state index contributed by atoms with van der Waals surface area (Å²) in [7, 11) is 3.69. The van der Waals surface area contributed by atoms with Crippen molar-refractivity contribution in [2.75, 3.05) is 14.1 Å². The minimum atomic E-state index is 1.75. The molecule has 2 nitrogen and oxygen atoms in total. The van der Waals surface area contributed by atoms with Gasteiger partial charge < -0.3 is 4.90 Å². The summed E-state index contributed by atoms with van der Waals surface area (Å²) >= 11 is 0. The lowest BCUT2D eigenvalue weighted by Crippen LogP contribution is -2.05. The van der Waals surface area contributed by atoms with Crippen molar-refractivity contribution in [2.45, 2.75) is 6.92 Å². The first-order valence-electron chi connectivity index (χ1n) is 2.58. The van der Waals surface area contributed by atoms with Crippen LogP contribution in [0.2, 0.25) is 0 Å². The van der Waals surface area contributed by atoms with Crippen molar-refractivity contribution in [2.24, 2.45) is 4.99 Å². The van der Waals surface area contributed by atoms with Gasteiger partial charge in [0.25, 0.3) is 0 Å². The van der Waals surface area contributed by atoms with Crippen LogP contribution in [-0.4, -0.2) is 25.3 Å². The molecule has 0 saturated carbocycles. The predicted octanol–water partition coefficient (Wildman–Crippen LogP) is 1.11. The lowest BCUT2D eigenvalue weighted by molar-refractivity contribution is 0.707. The number of rotatable bonds is 2. The highest BCUT2D eigenvalue weighted by atomic mass is 15.1. The molecule has 0 N–H and O–H groups in total. The molecule has 0 aromatic carbocycles. The van der Waals surface area contributed by atoms with Gasteiger partial charge in [0.1, 0.15) is 0 Å². The molecule has 0 radical (unpaired) electrons. The lowest BCUT2D eigenvalue weighted by atomic mass is 10.7. The molecule has 0 aromatic heterocycles. The minimum absolute atomic E-state index is 1.75. The van der Waals surface area contributed by atoms with Crippen molar-refractivity contribution < 1.29 is 0 Å². The SMILES string of the molecule is C/C=C\N(C)/C=N\C. The van der Waals surface area contributed by atoms with Crippen molar-refractivity contribution in [1.82, 2.24) is 4.90 Å². The molecule has 0 rings (SSSR count). The smallest absolute Gasteiger partial charge is 0.0883 e. The molecule has 0 heterocycles. The number of hydrogen-bond acceptors (Lipinski definition) is 1. The average Bonchev–Trinajstić information content (AvgIpc) is 1.68.